The molecule has 0 saturated heterocycles. The molecule has 3 aromatic rings. The van der Waals surface area contributed by atoms with Crippen LogP contribution in [0.5, 0.6) is 23.0 Å². The van der Waals surface area contributed by atoms with E-state index in [1.54, 1.807) is 48.5 Å². The van der Waals surface area contributed by atoms with Gasteiger partial charge in [-0.2, -0.15) is 5.10 Å². The number of hydrazone groups is 1. The fourth-order valence-corrected chi connectivity index (χ4v) is 3.11. The number of carbonyl (C=O) groups is 2. The Balaban J connectivity index is 1.54. The molecular weight excluding hydrogens is 494 g/mol. The van der Waals surface area contributed by atoms with Crippen LogP contribution in [0.15, 0.2) is 71.8 Å². The van der Waals surface area contributed by atoms with E-state index >= 15 is 0 Å². The molecule has 0 atom stereocenters. The molecule has 0 unspecified atom stereocenters. The summed E-state index contributed by atoms with van der Waals surface area (Å²) in [5.74, 6) is -0.0267. The van der Waals surface area contributed by atoms with Crippen molar-refractivity contribution >= 4 is 23.8 Å². The number of hydrogen-bond donors (Lipinski definition) is 1. The van der Waals surface area contributed by atoms with Gasteiger partial charge in [-0.05, 0) is 60.5 Å². The van der Waals surface area contributed by atoms with Gasteiger partial charge in [-0.15, -0.1) is 0 Å². The van der Waals surface area contributed by atoms with Crippen molar-refractivity contribution in [2.24, 2.45) is 5.10 Å². The summed E-state index contributed by atoms with van der Waals surface area (Å²) in [6, 6.07) is 17.1. The average molecular weight is 522 g/mol. The number of nitro groups is 1. The van der Waals surface area contributed by atoms with Crippen LogP contribution in [0, 0.1) is 10.1 Å². The van der Waals surface area contributed by atoms with Crippen molar-refractivity contribution in [3.05, 3.63) is 88.0 Å². The second-order valence-electron chi connectivity index (χ2n) is 7.83. The van der Waals surface area contributed by atoms with Gasteiger partial charge in [-0.1, -0.05) is 25.5 Å². The molecule has 3 aromatic carbocycles. The number of para-hydroxylation sites is 2. The molecule has 0 aliphatic heterocycles. The van der Waals surface area contributed by atoms with Crippen LogP contribution in [0.4, 0.5) is 5.69 Å². The number of unbranched alkanes of at least 4 members (excludes halogenated alkanes) is 1. The highest BCUT2D eigenvalue weighted by atomic mass is 16.6. The fourth-order valence-electron chi connectivity index (χ4n) is 3.11. The Bertz CT molecular complexity index is 1290. The third-order valence-corrected chi connectivity index (χ3v) is 5.07. The Morgan fingerprint density at radius 1 is 1.00 bits per heavy atom. The SMILES string of the molecule is CCCCOc1ccc(C(=O)Oc2ccc(/C=N\NC(=O)COc3ccccc3[N+](=O)[O-])cc2OC)cc1. The lowest BCUT2D eigenvalue weighted by atomic mass is 10.2. The number of nitrogens with zero attached hydrogens (tertiary/aromatic N) is 2. The molecule has 0 radical (unpaired) electrons. The summed E-state index contributed by atoms with van der Waals surface area (Å²) < 4.78 is 21.6. The summed E-state index contributed by atoms with van der Waals surface area (Å²) in [5, 5.41) is 14.9. The number of carbonyl (C=O) groups excluding carboxylic acids is 2. The Morgan fingerprint density at radius 2 is 1.76 bits per heavy atom. The maximum absolute atomic E-state index is 12.6. The second-order valence-corrected chi connectivity index (χ2v) is 7.83. The van der Waals surface area contributed by atoms with Crippen LogP contribution in [0.3, 0.4) is 0 Å². The van der Waals surface area contributed by atoms with Crippen molar-refractivity contribution in [1.82, 2.24) is 5.43 Å². The first-order valence-corrected chi connectivity index (χ1v) is 11.7. The first-order valence-electron chi connectivity index (χ1n) is 11.7. The zero-order chi connectivity index (χ0) is 27.3. The van der Waals surface area contributed by atoms with Crippen molar-refractivity contribution in [2.75, 3.05) is 20.3 Å². The maximum Gasteiger partial charge on any atom is 0.343 e. The summed E-state index contributed by atoms with van der Waals surface area (Å²) >= 11 is 0. The lowest BCUT2D eigenvalue weighted by molar-refractivity contribution is -0.385. The van der Waals surface area contributed by atoms with Crippen molar-refractivity contribution < 1.29 is 33.5 Å². The molecule has 38 heavy (non-hydrogen) atoms. The minimum absolute atomic E-state index is 0.0252. The average Bonchev–Trinajstić information content (AvgIpc) is 2.93. The van der Waals surface area contributed by atoms with Gasteiger partial charge in [0.25, 0.3) is 5.91 Å². The highest BCUT2D eigenvalue weighted by Crippen LogP contribution is 2.29. The first-order chi connectivity index (χ1) is 18.4. The van der Waals surface area contributed by atoms with Crippen molar-refractivity contribution in [3.63, 3.8) is 0 Å². The van der Waals surface area contributed by atoms with E-state index in [-0.39, 0.29) is 22.9 Å². The van der Waals surface area contributed by atoms with E-state index < -0.39 is 23.4 Å². The van der Waals surface area contributed by atoms with Crippen LogP contribution in [-0.4, -0.2) is 43.3 Å². The van der Waals surface area contributed by atoms with Crippen LogP contribution >= 0.6 is 0 Å². The smallest absolute Gasteiger partial charge is 0.343 e. The first kappa shape index (κ1) is 27.7. The van der Waals surface area contributed by atoms with Gasteiger partial charge in [0.15, 0.2) is 23.9 Å². The Morgan fingerprint density at radius 3 is 2.47 bits per heavy atom. The molecule has 3 rings (SSSR count). The van der Waals surface area contributed by atoms with Crippen molar-refractivity contribution in [3.8, 4) is 23.0 Å². The molecule has 0 aromatic heterocycles. The number of esters is 1. The molecule has 0 fully saturated rings. The van der Waals surface area contributed by atoms with E-state index in [0.29, 0.717) is 23.5 Å². The van der Waals surface area contributed by atoms with E-state index in [1.807, 2.05) is 0 Å². The molecule has 0 bridgehead atoms. The molecule has 0 saturated carbocycles. The van der Waals surface area contributed by atoms with Gasteiger partial charge in [0.2, 0.25) is 0 Å². The summed E-state index contributed by atoms with van der Waals surface area (Å²) in [7, 11) is 1.43. The molecule has 0 spiro atoms. The largest absolute Gasteiger partial charge is 0.494 e. The van der Waals surface area contributed by atoms with Gasteiger partial charge >= 0.3 is 11.7 Å². The Hall–Kier alpha value is -4.93. The lowest BCUT2D eigenvalue weighted by Crippen LogP contribution is -2.24. The summed E-state index contributed by atoms with van der Waals surface area (Å²) in [4.78, 5) is 35.0. The molecule has 0 heterocycles. The summed E-state index contributed by atoms with van der Waals surface area (Å²) in [6.07, 6.45) is 3.34. The zero-order valence-electron chi connectivity index (χ0n) is 20.9. The number of ether oxygens (including phenoxy) is 4. The minimum Gasteiger partial charge on any atom is -0.494 e. The number of methoxy groups -OCH3 is 1. The predicted molar refractivity (Wildman–Crippen MR) is 139 cm³/mol. The quantitative estimate of drug-likeness (QED) is 0.0864. The molecule has 0 aliphatic carbocycles. The lowest BCUT2D eigenvalue weighted by Gasteiger charge is -2.10. The van der Waals surface area contributed by atoms with Crippen LogP contribution in [0.25, 0.3) is 0 Å². The molecule has 0 aliphatic rings. The monoisotopic (exact) mass is 521 g/mol. The number of amides is 1. The van der Waals surface area contributed by atoms with Crippen molar-refractivity contribution in [1.29, 1.82) is 0 Å². The van der Waals surface area contributed by atoms with Gasteiger partial charge in [0, 0.05) is 6.07 Å². The van der Waals surface area contributed by atoms with E-state index in [4.69, 9.17) is 18.9 Å². The van der Waals surface area contributed by atoms with E-state index in [0.717, 1.165) is 12.8 Å². The highest BCUT2D eigenvalue weighted by molar-refractivity contribution is 5.92. The summed E-state index contributed by atoms with van der Waals surface area (Å²) in [5.41, 5.74) is 2.93. The fraction of sp³-hybridized carbons (Fsp3) is 0.222. The standard InChI is InChI=1S/C27H27N3O8/c1-3-4-15-36-21-12-10-20(11-13-21)27(32)38-24-14-9-19(16-25(24)35-2)17-28-29-26(31)18-37-23-8-6-5-7-22(23)30(33)34/h5-14,16-17H,3-4,15,18H2,1-2H3,(H,29,31)/b28-17-. The van der Waals surface area contributed by atoms with Crippen LogP contribution in [-0.2, 0) is 4.79 Å². The highest BCUT2D eigenvalue weighted by Gasteiger charge is 2.15. The van der Waals surface area contributed by atoms with Gasteiger partial charge in [0.1, 0.15) is 5.75 Å². The molecule has 11 nitrogen and oxygen atoms in total. The normalized spacial score (nSPS) is 10.6. The number of nitro benzene ring substituents is 1. The van der Waals surface area contributed by atoms with E-state index in [9.17, 15) is 19.7 Å². The number of rotatable bonds is 13. The van der Waals surface area contributed by atoms with Gasteiger partial charge in [-0.25, -0.2) is 10.2 Å². The number of hydrogen-bond acceptors (Lipinski definition) is 9. The third kappa shape index (κ3) is 8.05. The van der Waals surface area contributed by atoms with Crippen molar-refractivity contribution in [2.45, 2.75) is 19.8 Å². The number of benzene rings is 3. The maximum atomic E-state index is 12.6. The van der Waals surface area contributed by atoms with Gasteiger partial charge in [-0.3, -0.25) is 14.9 Å². The molecule has 1 N–H and O–H groups in total. The molecular formula is C27H27N3O8. The molecule has 11 heteroatoms. The topological polar surface area (TPSA) is 139 Å². The van der Waals surface area contributed by atoms with Gasteiger partial charge in [0.05, 0.1) is 30.4 Å². The van der Waals surface area contributed by atoms with Gasteiger partial charge < -0.3 is 18.9 Å². The van der Waals surface area contributed by atoms with Crippen LogP contribution < -0.4 is 24.4 Å². The second kappa shape index (κ2) is 14.0. The van der Waals surface area contributed by atoms with E-state index in [2.05, 4.69) is 17.5 Å². The zero-order valence-corrected chi connectivity index (χ0v) is 20.9. The number of nitrogens with one attached hydrogen (secondary N) is 1. The predicted octanol–water partition coefficient (Wildman–Crippen LogP) is 4.53. The minimum atomic E-state index is -0.612. The third-order valence-electron chi connectivity index (χ3n) is 5.07. The van der Waals surface area contributed by atoms with Crippen LogP contribution in [0.1, 0.15) is 35.7 Å². The summed E-state index contributed by atoms with van der Waals surface area (Å²) in [6.45, 7) is 2.23. The molecule has 1 amide bonds. The van der Waals surface area contributed by atoms with Crippen LogP contribution in [0.2, 0.25) is 0 Å². The van der Waals surface area contributed by atoms with E-state index in [1.165, 1.54) is 31.5 Å². The molecule has 198 valence electrons. The Labute approximate surface area is 219 Å². The Kier molecular flexibility index (Phi) is 10.2.